The Labute approximate surface area is 196 Å². The highest BCUT2D eigenvalue weighted by Gasteiger charge is 2.35. The minimum absolute atomic E-state index is 0.206. The second kappa shape index (κ2) is 9.27. The summed E-state index contributed by atoms with van der Waals surface area (Å²) in [6.45, 7) is 6.42. The molecule has 2 aromatic carbocycles. The first kappa shape index (κ1) is 22.2. The van der Waals surface area contributed by atoms with Crippen LogP contribution in [0.3, 0.4) is 0 Å². The van der Waals surface area contributed by atoms with Crippen molar-refractivity contribution < 1.29 is 14.3 Å². The lowest BCUT2D eigenvalue weighted by Gasteiger charge is -2.13. The second-order valence-electron chi connectivity index (χ2n) is 7.59. The Kier molecular flexibility index (Phi) is 6.44. The maximum atomic E-state index is 12.9. The third-order valence-electron chi connectivity index (χ3n) is 5.37. The topological polar surface area (TPSA) is 51.5 Å². The lowest BCUT2D eigenvalue weighted by Crippen LogP contribution is -2.32. The lowest BCUT2D eigenvalue weighted by molar-refractivity contribution is -0.123. The van der Waals surface area contributed by atoms with Gasteiger partial charge in [0.15, 0.2) is 0 Å². The summed E-state index contributed by atoms with van der Waals surface area (Å²) in [5, 5.41) is 0.424. The molecule has 0 N–H and O–H groups in total. The molecule has 1 aliphatic rings. The molecule has 0 radical (unpaired) electrons. The number of hydrogen-bond acceptors (Lipinski definition) is 4. The first-order valence-corrected chi connectivity index (χ1v) is 11.4. The van der Waals surface area contributed by atoms with Gasteiger partial charge in [-0.2, -0.15) is 0 Å². The van der Waals surface area contributed by atoms with Crippen molar-refractivity contribution in [1.82, 2.24) is 9.47 Å². The summed E-state index contributed by atoms with van der Waals surface area (Å²) in [6, 6.07) is 17.3. The summed E-state index contributed by atoms with van der Waals surface area (Å²) < 4.78 is 7.73. The monoisotopic (exact) mass is 466 g/mol. The van der Waals surface area contributed by atoms with Crippen LogP contribution in [-0.2, 0) is 4.79 Å². The number of para-hydroxylation sites is 1. The summed E-state index contributed by atoms with van der Waals surface area (Å²) in [5.41, 5.74) is 4.86. The fourth-order valence-corrected chi connectivity index (χ4v) is 4.69. The SMILES string of the molecule is Cc1ccc(-n2c(C)cc(/C=C3\SC(=O)N(CCOc4ccccc4)C3=O)c2C)cc1Cl. The predicted molar refractivity (Wildman–Crippen MR) is 130 cm³/mol. The van der Waals surface area contributed by atoms with Crippen molar-refractivity contribution in [3.8, 4) is 11.4 Å². The zero-order valence-corrected chi connectivity index (χ0v) is 19.7. The number of rotatable bonds is 6. The molecule has 7 heteroatoms. The van der Waals surface area contributed by atoms with Crippen molar-refractivity contribution in [2.24, 2.45) is 0 Å². The molecule has 2 heterocycles. The predicted octanol–water partition coefficient (Wildman–Crippen LogP) is 6.17. The Morgan fingerprint density at radius 1 is 1.03 bits per heavy atom. The van der Waals surface area contributed by atoms with E-state index in [9.17, 15) is 9.59 Å². The molecule has 0 spiro atoms. The molecular formula is C25H23ClN2O3S. The van der Waals surface area contributed by atoms with E-state index in [0.29, 0.717) is 15.7 Å². The van der Waals surface area contributed by atoms with Crippen LogP contribution in [0.15, 0.2) is 59.5 Å². The fourth-order valence-electron chi connectivity index (χ4n) is 3.66. The van der Waals surface area contributed by atoms with Gasteiger partial charge in [0.25, 0.3) is 11.1 Å². The highest BCUT2D eigenvalue weighted by molar-refractivity contribution is 8.18. The number of thioether (sulfide) groups is 1. The molecule has 1 fully saturated rings. The van der Waals surface area contributed by atoms with Crippen LogP contribution in [0.2, 0.25) is 5.02 Å². The fraction of sp³-hybridized carbons (Fsp3) is 0.200. The molecule has 3 aromatic rings. The average Bonchev–Trinajstić information content (AvgIpc) is 3.20. The molecule has 32 heavy (non-hydrogen) atoms. The van der Waals surface area contributed by atoms with Gasteiger partial charge >= 0.3 is 0 Å². The summed E-state index contributed by atoms with van der Waals surface area (Å²) in [4.78, 5) is 26.9. The van der Waals surface area contributed by atoms with Crippen molar-refractivity contribution in [2.45, 2.75) is 20.8 Å². The largest absolute Gasteiger partial charge is 0.492 e. The Hall–Kier alpha value is -2.96. The number of benzene rings is 2. The van der Waals surface area contributed by atoms with Gasteiger partial charge in [0.1, 0.15) is 12.4 Å². The summed E-state index contributed by atoms with van der Waals surface area (Å²) in [5.74, 6) is 0.415. The number of carbonyl (C=O) groups is 2. The van der Waals surface area contributed by atoms with Crippen LogP contribution >= 0.6 is 23.4 Å². The minimum Gasteiger partial charge on any atom is -0.492 e. The highest BCUT2D eigenvalue weighted by Crippen LogP contribution is 2.34. The highest BCUT2D eigenvalue weighted by atomic mass is 35.5. The zero-order valence-electron chi connectivity index (χ0n) is 18.1. The van der Waals surface area contributed by atoms with E-state index in [2.05, 4.69) is 4.57 Å². The quantitative estimate of drug-likeness (QED) is 0.407. The molecule has 2 amide bonds. The second-order valence-corrected chi connectivity index (χ2v) is 8.99. The van der Waals surface area contributed by atoms with Crippen molar-refractivity contribution in [3.05, 3.63) is 87.0 Å². The van der Waals surface area contributed by atoms with Crippen LogP contribution in [0, 0.1) is 20.8 Å². The Balaban J connectivity index is 1.52. The number of amides is 2. The first-order valence-electron chi connectivity index (χ1n) is 10.2. The van der Waals surface area contributed by atoms with Crippen LogP contribution in [0.4, 0.5) is 4.79 Å². The van der Waals surface area contributed by atoms with E-state index in [1.807, 2.05) is 75.4 Å². The third kappa shape index (κ3) is 4.47. The molecule has 164 valence electrons. The molecule has 5 nitrogen and oxygen atoms in total. The normalized spacial score (nSPS) is 15.1. The smallest absolute Gasteiger partial charge is 0.293 e. The molecule has 1 aromatic heterocycles. The van der Waals surface area contributed by atoms with E-state index in [4.69, 9.17) is 16.3 Å². The number of ether oxygens (including phenoxy) is 1. The van der Waals surface area contributed by atoms with E-state index in [1.54, 1.807) is 6.08 Å². The number of carbonyl (C=O) groups excluding carboxylic acids is 2. The zero-order chi connectivity index (χ0) is 22.8. The van der Waals surface area contributed by atoms with Gasteiger partial charge in [-0.05, 0) is 80.1 Å². The van der Waals surface area contributed by atoms with Crippen LogP contribution in [0.1, 0.15) is 22.5 Å². The van der Waals surface area contributed by atoms with Crippen molar-refractivity contribution >= 4 is 40.6 Å². The Morgan fingerprint density at radius 2 is 1.78 bits per heavy atom. The van der Waals surface area contributed by atoms with Gasteiger partial charge in [0.05, 0.1) is 11.4 Å². The van der Waals surface area contributed by atoms with E-state index in [-0.39, 0.29) is 24.3 Å². The number of aromatic nitrogens is 1. The maximum Gasteiger partial charge on any atom is 0.293 e. The number of nitrogens with zero attached hydrogens (tertiary/aromatic N) is 2. The summed E-state index contributed by atoms with van der Waals surface area (Å²) in [7, 11) is 0. The van der Waals surface area contributed by atoms with Crippen LogP contribution in [-0.4, -0.2) is 33.8 Å². The van der Waals surface area contributed by atoms with E-state index >= 15 is 0 Å². The van der Waals surface area contributed by atoms with Gasteiger partial charge in [-0.3, -0.25) is 14.5 Å². The molecule has 0 saturated carbocycles. The minimum atomic E-state index is -0.292. The Bertz CT molecular complexity index is 1220. The van der Waals surface area contributed by atoms with Crippen LogP contribution in [0.5, 0.6) is 5.75 Å². The van der Waals surface area contributed by atoms with Gasteiger partial charge in [-0.1, -0.05) is 35.9 Å². The van der Waals surface area contributed by atoms with Gasteiger partial charge < -0.3 is 9.30 Å². The summed E-state index contributed by atoms with van der Waals surface area (Å²) in [6.07, 6.45) is 1.79. The van der Waals surface area contributed by atoms with E-state index < -0.39 is 0 Å². The number of halogens is 1. The molecular weight excluding hydrogens is 444 g/mol. The van der Waals surface area contributed by atoms with Crippen LogP contribution < -0.4 is 4.74 Å². The van der Waals surface area contributed by atoms with Crippen molar-refractivity contribution in [3.63, 3.8) is 0 Å². The molecule has 0 unspecified atom stereocenters. The average molecular weight is 467 g/mol. The molecule has 1 saturated heterocycles. The first-order chi connectivity index (χ1) is 15.3. The number of aryl methyl sites for hydroxylation is 2. The molecule has 0 bridgehead atoms. The Morgan fingerprint density at radius 3 is 2.50 bits per heavy atom. The van der Waals surface area contributed by atoms with Gasteiger partial charge in [-0.15, -0.1) is 0 Å². The molecule has 1 aliphatic heterocycles. The van der Waals surface area contributed by atoms with Crippen LogP contribution in [0.25, 0.3) is 11.8 Å². The maximum absolute atomic E-state index is 12.9. The number of hydrogen-bond donors (Lipinski definition) is 0. The van der Waals surface area contributed by atoms with E-state index in [0.717, 1.165) is 40.0 Å². The van der Waals surface area contributed by atoms with Gasteiger partial charge in [-0.25, -0.2) is 0 Å². The molecule has 0 aliphatic carbocycles. The third-order valence-corrected chi connectivity index (χ3v) is 6.69. The van der Waals surface area contributed by atoms with Gasteiger partial charge in [0, 0.05) is 22.1 Å². The summed E-state index contributed by atoms with van der Waals surface area (Å²) >= 11 is 7.28. The standard InChI is InChI=1S/C25H23ClN2O3S/c1-16-9-10-20(15-22(16)26)28-17(2)13-19(18(28)3)14-23-24(29)27(25(30)32-23)11-12-31-21-7-5-4-6-8-21/h4-10,13-15H,11-12H2,1-3H3/b23-14-. The lowest BCUT2D eigenvalue weighted by atomic mass is 10.2. The molecule has 0 atom stereocenters. The van der Waals surface area contributed by atoms with Gasteiger partial charge in [0.2, 0.25) is 0 Å². The van der Waals surface area contributed by atoms with Crippen molar-refractivity contribution in [2.75, 3.05) is 13.2 Å². The number of imide groups is 1. The van der Waals surface area contributed by atoms with Crippen molar-refractivity contribution in [1.29, 1.82) is 0 Å². The van der Waals surface area contributed by atoms with E-state index in [1.165, 1.54) is 4.90 Å². The molecule has 4 rings (SSSR count).